The van der Waals surface area contributed by atoms with E-state index in [1.807, 2.05) is 38.2 Å². The molecule has 0 saturated carbocycles. The predicted octanol–water partition coefficient (Wildman–Crippen LogP) is 5.36. The van der Waals surface area contributed by atoms with Crippen LogP contribution in [0.15, 0.2) is 48.7 Å². The lowest BCUT2D eigenvalue weighted by Gasteiger charge is -2.32. The zero-order valence-corrected chi connectivity index (χ0v) is 22.2. The van der Waals surface area contributed by atoms with Crippen molar-refractivity contribution in [1.29, 1.82) is 0 Å². The highest BCUT2D eigenvalue weighted by Gasteiger charge is 2.32. The molecule has 1 fully saturated rings. The minimum absolute atomic E-state index is 0.114. The fourth-order valence-electron chi connectivity index (χ4n) is 5.63. The first-order chi connectivity index (χ1) is 18.6. The Morgan fingerprint density at radius 2 is 1.87 bits per heavy atom. The van der Waals surface area contributed by atoms with Crippen LogP contribution in [0.4, 0.5) is 8.78 Å². The van der Waals surface area contributed by atoms with Gasteiger partial charge >= 0.3 is 0 Å². The molecule has 2 unspecified atom stereocenters. The highest BCUT2D eigenvalue weighted by Crippen LogP contribution is 2.41. The summed E-state index contributed by atoms with van der Waals surface area (Å²) in [5.74, 6) is -1.94. The van der Waals surface area contributed by atoms with Crippen LogP contribution in [-0.2, 0) is 22.4 Å². The van der Waals surface area contributed by atoms with E-state index in [-0.39, 0.29) is 12.5 Å². The monoisotopic (exact) mass is 533 g/mol. The molecule has 2 atom stereocenters. The van der Waals surface area contributed by atoms with Gasteiger partial charge in [0.1, 0.15) is 0 Å². The predicted molar refractivity (Wildman–Crippen MR) is 142 cm³/mol. The second-order valence-electron chi connectivity index (χ2n) is 10.7. The van der Waals surface area contributed by atoms with Gasteiger partial charge in [0, 0.05) is 30.1 Å². The average molecular weight is 534 g/mol. The molecule has 202 valence electrons. The van der Waals surface area contributed by atoms with Gasteiger partial charge < -0.3 is 9.67 Å². The van der Waals surface area contributed by atoms with Crippen LogP contribution >= 0.6 is 0 Å². The number of aromatic nitrogens is 5. The van der Waals surface area contributed by atoms with Gasteiger partial charge in [0.25, 0.3) is 0 Å². The van der Waals surface area contributed by atoms with E-state index in [9.17, 15) is 13.9 Å². The molecular formula is C29H29F2N5O3. The number of aryl methyl sites for hydroxylation is 2. The van der Waals surface area contributed by atoms with Gasteiger partial charge in [-0.25, -0.2) is 23.2 Å². The lowest BCUT2D eigenvalue weighted by Crippen LogP contribution is -2.29. The quantitative estimate of drug-likeness (QED) is 0.306. The molecule has 10 heteroatoms. The molecule has 4 heterocycles. The Morgan fingerprint density at radius 1 is 1.05 bits per heavy atom. The molecule has 5 aromatic rings. The Balaban J connectivity index is 1.70. The molecule has 6 rings (SSSR count). The molecule has 0 bridgehead atoms. The van der Waals surface area contributed by atoms with Gasteiger partial charge in [-0.3, -0.25) is 4.98 Å². The number of hydrogen-bond acceptors (Lipinski definition) is 6. The van der Waals surface area contributed by atoms with E-state index in [1.54, 1.807) is 30.8 Å². The first-order valence-electron chi connectivity index (χ1n) is 12.9. The van der Waals surface area contributed by atoms with Crippen LogP contribution in [0.1, 0.15) is 43.1 Å². The van der Waals surface area contributed by atoms with Gasteiger partial charge in [-0.2, -0.15) is 0 Å². The van der Waals surface area contributed by atoms with E-state index < -0.39 is 23.3 Å². The molecule has 0 aliphatic carbocycles. The Hall–Kier alpha value is -3.73. The second-order valence-corrected chi connectivity index (χ2v) is 10.7. The molecule has 2 aromatic carbocycles. The van der Waals surface area contributed by atoms with E-state index in [2.05, 4.69) is 14.9 Å². The summed E-state index contributed by atoms with van der Waals surface area (Å²) in [7, 11) is 1.83. The molecule has 0 spiro atoms. The van der Waals surface area contributed by atoms with Crippen molar-refractivity contribution >= 4 is 21.9 Å². The van der Waals surface area contributed by atoms with Gasteiger partial charge in [-0.05, 0) is 62.6 Å². The third kappa shape index (κ3) is 4.38. The van der Waals surface area contributed by atoms with Crippen LogP contribution in [0, 0.1) is 24.5 Å². The molecule has 1 aliphatic heterocycles. The SMILES string of the molecule is Cc1nnn(C)c1-c1cnc2c3ccc(C(C)(C)O)cc3n(C(c3ccc(F)c(F)c3)C3CCOOC3)c2c1. The maximum atomic E-state index is 14.6. The van der Waals surface area contributed by atoms with E-state index >= 15 is 0 Å². The summed E-state index contributed by atoms with van der Waals surface area (Å²) in [5.41, 5.74) is 5.02. The van der Waals surface area contributed by atoms with Crippen molar-refractivity contribution in [3.05, 3.63) is 77.1 Å². The van der Waals surface area contributed by atoms with Crippen molar-refractivity contribution in [3.8, 4) is 11.3 Å². The summed E-state index contributed by atoms with van der Waals surface area (Å²) in [6.07, 6.45) is 2.44. The van der Waals surface area contributed by atoms with Crippen LogP contribution in [0.3, 0.4) is 0 Å². The topological polar surface area (TPSA) is 87.2 Å². The summed E-state index contributed by atoms with van der Waals surface area (Å²) in [5, 5.41) is 20.1. The van der Waals surface area contributed by atoms with Crippen molar-refractivity contribution < 1.29 is 23.7 Å². The summed E-state index contributed by atoms with van der Waals surface area (Å²) < 4.78 is 32.5. The van der Waals surface area contributed by atoms with Crippen molar-refractivity contribution in [1.82, 2.24) is 24.5 Å². The zero-order chi connectivity index (χ0) is 27.5. The Bertz CT molecular complexity index is 1680. The number of nitrogens with zero attached hydrogens (tertiary/aromatic N) is 5. The van der Waals surface area contributed by atoms with E-state index in [4.69, 9.17) is 14.8 Å². The fraction of sp³-hybridized carbons (Fsp3) is 0.345. The van der Waals surface area contributed by atoms with Crippen molar-refractivity contribution in [3.63, 3.8) is 0 Å². The summed E-state index contributed by atoms with van der Waals surface area (Å²) in [6.45, 7) is 6.00. The first-order valence-corrected chi connectivity index (χ1v) is 12.9. The van der Waals surface area contributed by atoms with Gasteiger partial charge in [0.15, 0.2) is 11.6 Å². The van der Waals surface area contributed by atoms with Gasteiger partial charge in [-0.15, -0.1) is 5.10 Å². The maximum Gasteiger partial charge on any atom is 0.159 e. The number of rotatable bonds is 5. The number of benzene rings is 2. The second kappa shape index (κ2) is 9.48. The Labute approximate surface area is 223 Å². The third-order valence-corrected chi connectivity index (χ3v) is 7.56. The Morgan fingerprint density at radius 3 is 2.54 bits per heavy atom. The number of pyridine rings is 1. The normalized spacial score (nSPS) is 17.3. The summed E-state index contributed by atoms with van der Waals surface area (Å²) >= 11 is 0. The minimum Gasteiger partial charge on any atom is -0.386 e. The molecular weight excluding hydrogens is 504 g/mol. The van der Waals surface area contributed by atoms with Crippen LogP contribution in [0.2, 0.25) is 0 Å². The standard InChI is InChI=1S/C29H29F2N5O3/c1-16-27(35(4)34-33-16)19-12-25-26(32-14-19)21-7-6-20(29(2,3)37)13-24(21)36(25)28(18-9-10-38-39-15-18)17-5-8-22(30)23(31)11-17/h5-8,11-14,18,28,37H,9-10,15H2,1-4H3. The number of aliphatic hydroxyl groups is 1. The van der Waals surface area contributed by atoms with Gasteiger partial charge in [-0.1, -0.05) is 23.4 Å². The lowest BCUT2D eigenvalue weighted by atomic mass is 9.89. The van der Waals surface area contributed by atoms with Crippen molar-refractivity contribution in [2.24, 2.45) is 13.0 Å². The van der Waals surface area contributed by atoms with E-state index in [1.165, 1.54) is 6.07 Å². The average Bonchev–Trinajstić information content (AvgIpc) is 3.42. The zero-order valence-electron chi connectivity index (χ0n) is 22.2. The minimum atomic E-state index is -1.09. The molecule has 39 heavy (non-hydrogen) atoms. The van der Waals surface area contributed by atoms with Crippen LogP contribution < -0.4 is 0 Å². The molecule has 8 nitrogen and oxygen atoms in total. The number of hydrogen-bond donors (Lipinski definition) is 1. The molecule has 1 aliphatic rings. The van der Waals surface area contributed by atoms with Crippen LogP contribution in [0.25, 0.3) is 33.2 Å². The molecule has 3 aromatic heterocycles. The smallest absolute Gasteiger partial charge is 0.159 e. The summed E-state index contributed by atoms with van der Waals surface area (Å²) in [6, 6.07) is 11.4. The Kier molecular flexibility index (Phi) is 6.21. The van der Waals surface area contributed by atoms with Crippen LogP contribution in [0.5, 0.6) is 0 Å². The fourth-order valence-corrected chi connectivity index (χ4v) is 5.63. The van der Waals surface area contributed by atoms with Crippen molar-refractivity contribution in [2.45, 2.75) is 38.8 Å². The maximum absolute atomic E-state index is 14.6. The number of halogens is 2. The molecule has 1 N–H and O–H groups in total. The van der Waals surface area contributed by atoms with E-state index in [0.29, 0.717) is 18.6 Å². The largest absolute Gasteiger partial charge is 0.386 e. The number of fused-ring (bicyclic) bond motifs is 3. The van der Waals surface area contributed by atoms with Crippen molar-refractivity contribution in [2.75, 3.05) is 13.2 Å². The summed E-state index contributed by atoms with van der Waals surface area (Å²) in [4.78, 5) is 15.4. The third-order valence-electron chi connectivity index (χ3n) is 7.56. The van der Waals surface area contributed by atoms with Gasteiger partial charge in [0.2, 0.25) is 0 Å². The van der Waals surface area contributed by atoms with Crippen LogP contribution in [-0.4, -0.2) is 42.9 Å². The highest BCUT2D eigenvalue weighted by atomic mass is 19.2. The lowest BCUT2D eigenvalue weighted by molar-refractivity contribution is -0.326. The van der Waals surface area contributed by atoms with E-state index in [0.717, 1.165) is 50.5 Å². The molecule has 0 amide bonds. The highest BCUT2D eigenvalue weighted by molar-refractivity contribution is 6.07. The molecule has 0 radical (unpaired) electrons. The molecule has 1 saturated heterocycles. The van der Waals surface area contributed by atoms with Gasteiger partial charge in [0.05, 0.1) is 52.8 Å². The first kappa shape index (κ1) is 25.5.